The minimum atomic E-state index is -4.11. The number of hydrogen-bond acceptors (Lipinski definition) is 2. The minimum Gasteiger partial charge on any atom is -0.493 e. The smallest absolute Gasteiger partial charge is 0.389 e. The maximum absolute atomic E-state index is 12.1. The van der Waals surface area contributed by atoms with Gasteiger partial charge in [0.05, 0.1) is 6.61 Å². The van der Waals surface area contributed by atoms with Gasteiger partial charge in [-0.15, -0.1) is 0 Å². The van der Waals surface area contributed by atoms with Crippen LogP contribution >= 0.6 is 0 Å². The summed E-state index contributed by atoms with van der Waals surface area (Å²) in [6, 6.07) is 7.59. The summed E-state index contributed by atoms with van der Waals surface area (Å²) in [6.07, 6.45) is -3.91. The molecule has 20 heavy (non-hydrogen) atoms. The zero-order valence-corrected chi connectivity index (χ0v) is 12.0. The molecule has 0 aromatic heterocycles. The summed E-state index contributed by atoms with van der Waals surface area (Å²) in [4.78, 5) is 0. The molecule has 1 rings (SSSR count). The van der Waals surface area contributed by atoms with Crippen LogP contribution < -0.4 is 10.1 Å². The van der Waals surface area contributed by atoms with Gasteiger partial charge in [0.25, 0.3) is 0 Å². The van der Waals surface area contributed by atoms with Crippen LogP contribution in [-0.2, 0) is 0 Å². The third-order valence-corrected chi connectivity index (χ3v) is 2.95. The fourth-order valence-corrected chi connectivity index (χ4v) is 1.90. The monoisotopic (exact) mass is 289 g/mol. The summed E-state index contributed by atoms with van der Waals surface area (Å²) in [5, 5.41) is 3.34. The van der Waals surface area contributed by atoms with E-state index in [1.54, 1.807) is 6.07 Å². The fourth-order valence-electron chi connectivity index (χ4n) is 1.90. The van der Waals surface area contributed by atoms with Crippen molar-refractivity contribution in [3.05, 3.63) is 29.8 Å². The lowest BCUT2D eigenvalue weighted by atomic mass is 10.1. The van der Waals surface area contributed by atoms with Gasteiger partial charge in [-0.25, -0.2) is 0 Å². The molecule has 0 amide bonds. The van der Waals surface area contributed by atoms with Crippen LogP contribution in [-0.4, -0.2) is 19.3 Å². The first kappa shape index (κ1) is 16.8. The standard InChI is InChI=1S/C15H22F3NO/c1-3-10-19-12(2)13-7-4-5-8-14(13)20-11-6-9-15(16,17)18/h4-5,7-8,12,19H,3,6,9-11H2,1-2H3. The number of benzene rings is 1. The van der Waals surface area contributed by atoms with Crippen molar-refractivity contribution in [3.8, 4) is 5.75 Å². The molecule has 0 radical (unpaired) electrons. The van der Waals surface area contributed by atoms with Gasteiger partial charge in [0.2, 0.25) is 0 Å². The molecule has 1 N–H and O–H groups in total. The number of halogens is 3. The summed E-state index contributed by atoms with van der Waals surface area (Å²) in [5.74, 6) is 0.658. The Labute approximate surface area is 118 Å². The molecule has 0 aliphatic carbocycles. The van der Waals surface area contributed by atoms with Gasteiger partial charge < -0.3 is 10.1 Å². The second-order valence-electron chi connectivity index (χ2n) is 4.78. The van der Waals surface area contributed by atoms with Crippen LogP contribution in [0.1, 0.15) is 44.7 Å². The van der Waals surface area contributed by atoms with Crippen molar-refractivity contribution in [2.45, 2.75) is 45.3 Å². The Morgan fingerprint density at radius 3 is 2.60 bits per heavy atom. The highest BCUT2D eigenvalue weighted by atomic mass is 19.4. The summed E-state index contributed by atoms with van der Waals surface area (Å²) < 4.78 is 41.7. The Kier molecular flexibility index (Phi) is 6.85. The summed E-state index contributed by atoms with van der Waals surface area (Å²) in [7, 11) is 0. The first-order valence-corrected chi connectivity index (χ1v) is 6.96. The van der Waals surface area contributed by atoms with Crippen molar-refractivity contribution in [1.82, 2.24) is 5.32 Å². The highest BCUT2D eigenvalue weighted by Crippen LogP contribution is 2.26. The number of alkyl halides is 3. The van der Waals surface area contributed by atoms with Crippen LogP contribution in [0.3, 0.4) is 0 Å². The van der Waals surface area contributed by atoms with E-state index in [9.17, 15) is 13.2 Å². The van der Waals surface area contributed by atoms with Crippen LogP contribution in [0, 0.1) is 0 Å². The zero-order valence-electron chi connectivity index (χ0n) is 12.0. The average molecular weight is 289 g/mol. The van der Waals surface area contributed by atoms with E-state index in [4.69, 9.17) is 4.74 Å². The molecule has 0 fully saturated rings. The molecule has 114 valence electrons. The molecule has 0 saturated heterocycles. The maximum Gasteiger partial charge on any atom is 0.389 e. The van der Waals surface area contributed by atoms with Gasteiger partial charge in [0.1, 0.15) is 5.75 Å². The quantitative estimate of drug-likeness (QED) is 0.713. The Balaban J connectivity index is 2.52. The summed E-state index contributed by atoms with van der Waals surface area (Å²) in [6.45, 7) is 5.08. The van der Waals surface area contributed by atoms with E-state index in [-0.39, 0.29) is 19.1 Å². The number of para-hydroxylation sites is 1. The van der Waals surface area contributed by atoms with E-state index in [2.05, 4.69) is 12.2 Å². The number of rotatable bonds is 8. The van der Waals surface area contributed by atoms with E-state index in [0.717, 1.165) is 18.5 Å². The molecule has 0 spiro atoms. The predicted molar refractivity (Wildman–Crippen MR) is 73.9 cm³/mol. The molecule has 0 saturated carbocycles. The van der Waals surface area contributed by atoms with E-state index >= 15 is 0 Å². The van der Waals surface area contributed by atoms with E-state index in [0.29, 0.717) is 5.75 Å². The summed E-state index contributed by atoms with van der Waals surface area (Å²) >= 11 is 0. The van der Waals surface area contributed by atoms with Crippen LogP contribution in [0.5, 0.6) is 5.75 Å². The van der Waals surface area contributed by atoms with E-state index < -0.39 is 12.6 Å². The highest BCUT2D eigenvalue weighted by molar-refractivity contribution is 5.35. The highest BCUT2D eigenvalue weighted by Gasteiger charge is 2.26. The van der Waals surface area contributed by atoms with Gasteiger partial charge >= 0.3 is 6.18 Å². The first-order valence-electron chi connectivity index (χ1n) is 6.96. The number of nitrogens with one attached hydrogen (secondary N) is 1. The molecule has 1 aromatic rings. The van der Waals surface area contributed by atoms with E-state index in [1.807, 2.05) is 25.1 Å². The molecule has 1 unspecified atom stereocenters. The first-order chi connectivity index (χ1) is 9.44. The fraction of sp³-hybridized carbons (Fsp3) is 0.600. The van der Waals surface area contributed by atoms with Crippen molar-refractivity contribution >= 4 is 0 Å². The largest absolute Gasteiger partial charge is 0.493 e. The van der Waals surface area contributed by atoms with Crippen molar-refractivity contribution in [3.63, 3.8) is 0 Å². The zero-order chi connectivity index (χ0) is 15.0. The molecule has 0 aliphatic heterocycles. The van der Waals surface area contributed by atoms with Crippen molar-refractivity contribution in [2.24, 2.45) is 0 Å². The molecule has 1 aromatic carbocycles. The van der Waals surface area contributed by atoms with Gasteiger partial charge in [-0.3, -0.25) is 0 Å². The Bertz CT molecular complexity index is 393. The third kappa shape index (κ3) is 6.28. The molecule has 5 heteroatoms. The molecular weight excluding hydrogens is 267 g/mol. The second-order valence-corrected chi connectivity index (χ2v) is 4.78. The maximum atomic E-state index is 12.1. The molecule has 2 nitrogen and oxygen atoms in total. The minimum absolute atomic E-state index is 0.0192. The molecule has 0 bridgehead atoms. The van der Waals surface area contributed by atoms with Crippen molar-refractivity contribution in [1.29, 1.82) is 0 Å². The Morgan fingerprint density at radius 2 is 1.95 bits per heavy atom. The predicted octanol–water partition coefficient (Wildman–Crippen LogP) is 4.47. The molecular formula is C15H22F3NO. The van der Waals surface area contributed by atoms with Crippen molar-refractivity contribution < 1.29 is 17.9 Å². The molecule has 0 heterocycles. The van der Waals surface area contributed by atoms with Gasteiger partial charge in [-0.2, -0.15) is 13.2 Å². The third-order valence-electron chi connectivity index (χ3n) is 2.95. The number of hydrogen-bond donors (Lipinski definition) is 1. The van der Waals surface area contributed by atoms with Gasteiger partial charge in [-0.1, -0.05) is 25.1 Å². The lowest BCUT2D eigenvalue weighted by molar-refractivity contribution is -0.136. The second kappa shape index (κ2) is 8.15. The van der Waals surface area contributed by atoms with Crippen molar-refractivity contribution in [2.75, 3.05) is 13.2 Å². The molecule has 1 atom stereocenters. The lowest BCUT2D eigenvalue weighted by Crippen LogP contribution is -2.20. The van der Waals surface area contributed by atoms with Gasteiger partial charge in [0.15, 0.2) is 0 Å². The SMILES string of the molecule is CCCNC(C)c1ccccc1OCCCC(F)(F)F. The lowest BCUT2D eigenvalue weighted by Gasteiger charge is -2.18. The van der Waals surface area contributed by atoms with Crippen LogP contribution in [0.15, 0.2) is 24.3 Å². The summed E-state index contributed by atoms with van der Waals surface area (Å²) in [5.41, 5.74) is 0.980. The topological polar surface area (TPSA) is 21.3 Å². The van der Waals surface area contributed by atoms with Crippen LogP contribution in [0.25, 0.3) is 0 Å². The van der Waals surface area contributed by atoms with E-state index in [1.165, 1.54) is 0 Å². The average Bonchev–Trinajstić information content (AvgIpc) is 2.40. The molecule has 0 aliphatic rings. The number of ether oxygens (including phenoxy) is 1. The van der Waals surface area contributed by atoms with Gasteiger partial charge in [-0.05, 0) is 32.4 Å². The van der Waals surface area contributed by atoms with Crippen LogP contribution in [0.2, 0.25) is 0 Å². The normalized spacial score (nSPS) is 13.2. The van der Waals surface area contributed by atoms with Gasteiger partial charge in [0, 0.05) is 18.0 Å². The van der Waals surface area contributed by atoms with Crippen LogP contribution in [0.4, 0.5) is 13.2 Å². The Hall–Kier alpha value is -1.23. The Morgan fingerprint density at radius 1 is 1.25 bits per heavy atom.